The molecule has 0 bridgehead atoms. The molecule has 0 spiro atoms. The summed E-state index contributed by atoms with van der Waals surface area (Å²) in [6, 6.07) is 27.4. The number of hydrogen-bond donors (Lipinski definition) is 0. The van der Waals surface area contributed by atoms with Gasteiger partial charge in [0.05, 0.1) is 22.7 Å². The maximum atomic E-state index is 9.13. The number of benzene rings is 3. The largest absolute Gasteiger partial charge is 0.309 e. The van der Waals surface area contributed by atoms with Crippen LogP contribution < -0.4 is 0 Å². The van der Waals surface area contributed by atoms with Gasteiger partial charge in [-0.3, -0.25) is 0 Å². The van der Waals surface area contributed by atoms with E-state index in [1.807, 2.05) is 48.5 Å². The molecule has 1 radical (unpaired) electrons. The SMILES string of the molecule is N#Cc1ccc2c(c1)c1c[c]ccc1n2-c1ccccc1. The molecule has 21 heavy (non-hydrogen) atoms. The second kappa shape index (κ2) is 4.50. The van der Waals surface area contributed by atoms with Crippen LogP contribution >= 0.6 is 0 Å². The fraction of sp³-hybridized carbons (Fsp3) is 0. The van der Waals surface area contributed by atoms with E-state index in [1.54, 1.807) is 0 Å². The first-order chi connectivity index (χ1) is 10.4. The predicted molar refractivity (Wildman–Crippen MR) is 84.3 cm³/mol. The Morgan fingerprint density at radius 3 is 2.52 bits per heavy atom. The predicted octanol–water partition coefficient (Wildman–Crippen LogP) is 4.46. The normalized spacial score (nSPS) is 10.8. The van der Waals surface area contributed by atoms with Gasteiger partial charge in [-0.1, -0.05) is 24.3 Å². The van der Waals surface area contributed by atoms with E-state index in [2.05, 4.69) is 34.9 Å². The van der Waals surface area contributed by atoms with E-state index in [-0.39, 0.29) is 0 Å². The minimum absolute atomic E-state index is 0.679. The topological polar surface area (TPSA) is 28.7 Å². The first-order valence-electron chi connectivity index (χ1n) is 6.78. The van der Waals surface area contributed by atoms with Crippen LogP contribution in [0.5, 0.6) is 0 Å². The van der Waals surface area contributed by atoms with E-state index in [4.69, 9.17) is 5.26 Å². The number of rotatable bonds is 1. The zero-order valence-electron chi connectivity index (χ0n) is 11.2. The van der Waals surface area contributed by atoms with Crippen LogP contribution in [0.4, 0.5) is 0 Å². The lowest BCUT2D eigenvalue weighted by Gasteiger charge is -2.07. The molecule has 0 saturated heterocycles. The molecule has 2 nitrogen and oxygen atoms in total. The van der Waals surface area contributed by atoms with Gasteiger partial charge in [-0.2, -0.15) is 5.26 Å². The highest BCUT2D eigenvalue weighted by atomic mass is 15.0. The molecule has 0 aliphatic carbocycles. The maximum Gasteiger partial charge on any atom is 0.0991 e. The number of aromatic nitrogens is 1. The summed E-state index contributed by atoms with van der Waals surface area (Å²) < 4.78 is 2.22. The highest BCUT2D eigenvalue weighted by Gasteiger charge is 2.11. The van der Waals surface area contributed by atoms with Crippen molar-refractivity contribution in [1.29, 1.82) is 5.26 Å². The molecule has 0 aliphatic heterocycles. The van der Waals surface area contributed by atoms with Gasteiger partial charge >= 0.3 is 0 Å². The van der Waals surface area contributed by atoms with Gasteiger partial charge in [-0.25, -0.2) is 0 Å². The van der Waals surface area contributed by atoms with Crippen molar-refractivity contribution in [3.05, 3.63) is 78.4 Å². The maximum absolute atomic E-state index is 9.13. The third-order valence-electron chi connectivity index (χ3n) is 3.75. The van der Waals surface area contributed by atoms with Crippen LogP contribution in [0.2, 0.25) is 0 Å². The second-order valence-corrected chi connectivity index (χ2v) is 4.96. The number of nitriles is 1. The van der Waals surface area contributed by atoms with Crippen molar-refractivity contribution >= 4 is 21.8 Å². The summed E-state index contributed by atoms with van der Waals surface area (Å²) in [5, 5.41) is 11.3. The second-order valence-electron chi connectivity index (χ2n) is 4.96. The average molecular weight is 267 g/mol. The molecule has 0 atom stereocenters. The molecule has 0 amide bonds. The molecule has 4 aromatic rings. The molecule has 1 aromatic heterocycles. The Balaban J connectivity index is 2.21. The monoisotopic (exact) mass is 267 g/mol. The van der Waals surface area contributed by atoms with E-state index < -0.39 is 0 Å². The van der Waals surface area contributed by atoms with E-state index in [9.17, 15) is 0 Å². The van der Waals surface area contributed by atoms with Crippen molar-refractivity contribution in [2.24, 2.45) is 0 Å². The van der Waals surface area contributed by atoms with Crippen molar-refractivity contribution in [1.82, 2.24) is 4.57 Å². The van der Waals surface area contributed by atoms with Gasteiger partial charge in [0, 0.05) is 16.5 Å². The molecule has 0 aliphatic rings. The summed E-state index contributed by atoms with van der Waals surface area (Å²) in [4.78, 5) is 0. The van der Waals surface area contributed by atoms with Crippen LogP contribution in [0, 0.1) is 17.4 Å². The van der Waals surface area contributed by atoms with Crippen LogP contribution in [0.25, 0.3) is 27.5 Å². The molecule has 2 heteroatoms. The van der Waals surface area contributed by atoms with Crippen molar-refractivity contribution < 1.29 is 0 Å². The first kappa shape index (κ1) is 11.7. The summed E-state index contributed by atoms with van der Waals surface area (Å²) in [6.45, 7) is 0. The van der Waals surface area contributed by atoms with Crippen molar-refractivity contribution in [2.75, 3.05) is 0 Å². The van der Waals surface area contributed by atoms with Gasteiger partial charge in [0.1, 0.15) is 0 Å². The van der Waals surface area contributed by atoms with Crippen LogP contribution in [0.1, 0.15) is 5.56 Å². The molecular weight excluding hydrogens is 256 g/mol. The van der Waals surface area contributed by atoms with Crippen LogP contribution in [0.3, 0.4) is 0 Å². The Morgan fingerprint density at radius 1 is 0.905 bits per heavy atom. The lowest BCUT2D eigenvalue weighted by atomic mass is 10.1. The molecule has 3 aromatic carbocycles. The quantitative estimate of drug-likeness (QED) is 0.500. The van der Waals surface area contributed by atoms with E-state index >= 15 is 0 Å². The van der Waals surface area contributed by atoms with Crippen LogP contribution in [0.15, 0.2) is 66.7 Å². The molecule has 0 N–H and O–H groups in total. The number of fused-ring (bicyclic) bond motifs is 3. The summed E-state index contributed by atoms with van der Waals surface area (Å²) in [7, 11) is 0. The Kier molecular flexibility index (Phi) is 2.52. The lowest BCUT2D eigenvalue weighted by molar-refractivity contribution is 1.18. The Hall–Kier alpha value is -3.05. The smallest absolute Gasteiger partial charge is 0.0991 e. The fourth-order valence-electron chi connectivity index (χ4n) is 2.83. The summed E-state index contributed by atoms with van der Waals surface area (Å²) in [5.41, 5.74) is 4.03. The van der Waals surface area contributed by atoms with Gasteiger partial charge in [-0.05, 0) is 48.5 Å². The first-order valence-corrected chi connectivity index (χ1v) is 6.78. The van der Waals surface area contributed by atoms with Gasteiger partial charge in [0.2, 0.25) is 0 Å². The van der Waals surface area contributed by atoms with Gasteiger partial charge in [0.15, 0.2) is 0 Å². The summed E-state index contributed by atoms with van der Waals surface area (Å²) in [6.07, 6.45) is 0. The Morgan fingerprint density at radius 2 is 1.71 bits per heavy atom. The zero-order chi connectivity index (χ0) is 14.2. The van der Waals surface area contributed by atoms with Gasteiger partial charge in [-0.15, -0.1) is 0 Å². The number of para-hydroxylation sites is 1. The van der Waals surface area contributed by atoms with E-state index in [0.717, 1.165) is 27.5 Å². The molecular formula is C19H11N2. The molecule has 0 unspecified atom stereocenters. The minimum atomic E-state index is 0.679. The molecule has 97 valence electrons. The molecule has 1 heterocycles. The summed E-state index contributed by atoms with van der Waals surface area (Å²) in [5.74, 6) is 0. The minimum Gasteiger partial charge on any atom is -0.309 e. The number of hydrogen-bond acceptors (Lipinski definition) is 1. The highest BCUT2D eigenvalue weighted by Crippen LogP contribution is 2.32. The lowest BCUT2D eigenvalue weighted by Crippen LogP contribution is -1.92. The van der Waals surface area contributed by atoms with Gasteiger partial charge < -0.3 is 4.57 Å². The Labute approximate surface area is 122 Å². The molecule has 0 fully saturated rings. The summed E-state index contributed by atoms with van der Waals surface area (Å²) >= 11 is 0. The number of nitrogens with zero attached hydrogens (tertiary/aromatic N) is 2. The van der Waals surface area contributed by atoms with Crippen molar-refractivity contribution in [3.8, 4) is 11.8 Å². The standard InChI is InChI=1S/C19H11N2/c20-13-14-10-11-19-17(12-14)16-8-4-5-9-18(16)21(19)15-6-2-1-3-7-15/h1-3,5-12H. The fourth-order valence-corrected chi connectivity index (χ4v) is 2.83. The van der Waals surface area contributed by atoms with Crippen molar-refractivity contribution in [2.45, 2.75) is 0 Å². The van der Waals surface area contributed by atoms with Crippen LogP contribution in [-0.4, -0.2) is 4.57 Å². The molecule has 4 rings (SSSR count). The average Bonchev–Trinajstić information content (AvgIpc) is 2.89. The van der Waals surface area contributed by atoms with Gasteiger partial charge in [0.25, 0.3) is 0 Å². The third kappa shape index (κ3) is 1.72. The zero-order valence-corrected chi connectivity index (χ0v) is 11.2. The third-order valence-corrected chi connectivity index (χ3v) is 3.75. The van der Waals surface area contributed by atoms with E-state index in [1.165, 1.54) is 0 Å². The highest BCUT2D eigenvalue weighted by molar-refractivity contribution is 6.09. The van der Waals surface area contributed by atoms with E-state index in [0.29, 0.717) is 5.56 Å². The Bertz CT molecular complexity index is 989. The molecule has 0 saturated carbocycles. The van der Waals surface area contributed by atoms with Crippen LogP contribution in [-0.2, 0) is 0 Å². The van der Waals surface area contributed by atoms with Crippen molar-refractivity contribution in [3.63, 3.8) is 0 Å².